The summed E-state index contributed by atoms with van der Waals surface area (Å²) < 4.78 is 11.7. The first-order chi connectivity index (χ1) is 26.3. The average Bonchev–Trinajstić information content (AvgIpc) is 3.79. The van der Waals surface area contributed by atoms with Crippen LogP contribution in [0.5, 0.6) is 0 Å². The number of halogens is 1. The molecule has 0 saturated carbocycles. The Bertz CT molecular complexity index is 3240. The summed E-state index contributed by atoms with van der Waals surface area (Å²) >= 11 is 1.18. The van der Waals surface area contributed by atoms with Gasteiger partial charge in [0.25, 0.3) is 0 Å². The van der Waals surface area contributed by atoms with Crippen molar-refractivity contribution in [3.8, 4) is 11.1 Å². The molecule has 0 amide bonds. The lowest BCUT2D eigenvalue weighted by Gasteiger charge is -2.34. The molecule has 0 N–H and O–H groups in total. The second-order valence-corrected chi connectivity index (χ2v) is 17.4. The topological polar surface area (TPSA) is 28.7 Å². The molecule has 5 heteroatoms. The van der Waals surface area contributed by atoms with Gasteiger partial charge in [-0.05, 0) is 81.9 Å². The van der Waals surface area contributed by atoms with E-state index < -0.39 is 20.7 Å². The van der Waals surface area contributed by atoms with Crippen molar-refractivity contribution in [3.05, 3.63) is 181 Å². The predicted molar refractivity (Wildman–Crippen MR) is 234 cm³/mol. The number of para-hydroxylation sites is 1. The summed E-state index contributed by atoms with van der Waals surface area (Å²) in [4.78, 5) is 7.84. The molecule has 0 bridgehead atoms. The van der Waals surface area contributed by atoms with Crippen molar-refractivity contribution in [2.24, 2.45) is 4.99 Å². The third-order valence-electron chi connectivity index (χ3n) is 10.7. The van der Waals surface area contributed by atoms with Crippen molar-refractivity contribution >= 4 is 115 Å². The molecular weight excluding hydrogens is 780 g/mol. The Balaban J connectivity index is 1.02. The fourth-order valence-corrected chi connectivity index (χ4v) is 12.2. The molecule has 0 fully saturated rings. The molecule has 2 aliphatic rings. The third kappa shape index (κ3) is 4.38. The minimum atomic E-state index is -0.676. The monoisotopic (exact) mass is 806 g/mol. The number of hydrogen-bond donors (Lipinski definition) is 0. The van der Waals surface area contributed by atoms with Crippen LogP contribution in [0, 0.1) is 0 Å². The van der Waals surface area contributed by atoms with Gasteiger partial charge >= 0.3 is 0 Å². The number of hydrogen-bond acceptors (Lipinski definition) is 4. The van der Waals surface area contributed by atoms with E-state index in [0.717, 1.165) is 37.4 Å². The Labute approximate surface area is 318 Å². The summed E-state index contributed by atoms with van der Waals surface area (Å²) in [6.07, 6.45) is 0. The molecule has 248 valence electrons. The number of anilines is 3. The van der Waals surface area contributed by atoms with E-state index in [-0.39, 0.29) is 0 Å². The van der Waals surface area contributed by atoms with E-state index in [1.54, 1.807) is 0 Å². The van der Waals surface area contributed by atoms with E-state index in [2.05, 4.69) is 163 Å². The molecule has 2 aliphatic heterocycles. The summed E-state index contributed by atoms with van der Waals surface area (Å²) in [5.74, 6) is 0.919. The Morgan fingerprint density at radius 3 is 2.19 bits per heavy atom. The molecule has 53 heavy (non-hydrogen) atoms. The lowest BCUT2D eigenvalue weighted by atomic mass is 9.87. The Morgan fingerprint density at radius 2 is 1.28 bits per heavy atom. The van der Waals surface area contributed by atoms with Crippen LogP contribution in [0.2, 0.25) is 0 Å². The molecule has 2 aromatic heterocycles. The first-order valence-electron chi connectivity index (χ1n) is 17.8. The van der Waals surface area contributed by atoms with Crippen molar-refractivity contribution in [2.75, 3.05) is 4.90 Å². The zero-order chi connectivity index (χ0) is 34.6. The summed E-state index contributed by atoms with van der Waals surface area (Å²) in [5, 5.41) is 8.74. The molecule has 0 saturated heterocycles. The molecule has 0 aliphatic carbocycles. The average molecular weight is 807 g/mol. The lowest BCUT2D eigenvalue weighted by Crippen LogP contribution is -2.15. The molecule has 12 rings (SSSR count). The maximum atomic E-state index is 6.62. The molecule has 3 nitrogen and oxygen atoms in total. The van der Waals surface area contributed by atoms with E-state index in [1.165, 1.54) is 73.3 Å². The number of benzene rings is 8. The summed E-state index contributed by atoms with van der Waals surface area (Å²) in [6, 6.07) is 59.7. The molecule has 0 radical (unpaired) electrons. The third-order valence-corrected chi connectivity index (χ3v) is 14.9. The largest absolute Gasteiger partial charge is 0.453 e. The number of aliphatic imine (C=N–C) groups is 1. The first kappa shape index (κ1) is 29.7. The zero-order valence-electron chi connectivity index (χ0n) is 28.2. The number of thiophene rings is 1. The van der Waals surface area contributed by atoms with E-state index in [1.807, 2.05) is 17.4 Å². The molecule has 0 spiro atoms. The van der Waals surface area contributed by atoms with Gasteiger partial charge in [0.2, 0.25) is 0 Å². The molecule has 4 heterocycles. The Morgan fingerprint density at radius 1 is 0.547 bits per heavy atom. The number of nitrogens with zero attached hydrogens (tertiary/aromatic N) is 2. The van der Waals surface area contributed by atoms with Gasteiger partial charge in [0, 0.05) is 47.8 Å². The van der Waals surface area contributed by atoms with Crippen molar-refractivity contribution in [1.29, 1.82) is 0 Å². The highest BCUT2D eigenvalue weighted by Gasteiger charge is 2.29. The molecule has 0 unspecified atom stereocenters. The minimum absolute atomic E-state index is 0.676. The number of rotatable bonds is 3. The van der Waals surface area contributed by atoms with Gasteiger partial charge in [0.05, 0.1) is 14.9 Å². The van der Waals surface area contributed by atoms with Gasteiger partial charge in [0.1, 0.15) is 15.0 Å². The van der Waals surface area contributed by atoms with Crippen LogP contribution in [0.3, 0.4) is 0 Å². The van der Waals surface area contributed by atoms with E-state index in [4.69, 9.17) is 9.41 Å². The molecule has 10 aromatic rings. The van der Waals surface area contributed by atoms with Crippen LogP contribution in [0.15, 0.2) is 173 Å². The van der Waals surface area contributed by atoms with Crippen LogP contribution in [0.1, 0.15) is 16.9 Å². The SMILES string of the molecule is c1ccc2c3c(ccc2c1)N(c1ccc(C2=Nc4c(oc5ccccc45)C(c4ccc5sc6ccccc6c5c4)=I2)cc1)c1cccc2cccc-3c12. The van der Waals surface area contributed by atoms with Crippen molar-refractivity contribution < 1.29 is 4.42 Å². The van der Waals surface area contributed by atoms with Gasteiger partial charge in [-0.2, -0.15) is 0 Å². The highest BCUT2D eigenvalue weighted by atomic mass is 127. The second kappa shape index (κ2) is 11.3. The van der Waals surface area contributed by atoms with Crippen LogP contribution in [0.4, 0.5) is 22.7 Å². The summed E-state index contributed by atoms with van der Waals surface area (Å²) in [5.41, 5.74) is 10.3. The highest BCUT2D eigenvalue weighted by molar-refractivity contribution is 14.2. The minimum Gasteiger partial charge on any atom is -0.453 e. The lowest BCUT2D eigenvalue weighted by molar-refractivity contribution is 0.608. The van der Waals surface area contributed by atoms with Gasteiger partial charge in [-0.15, -0.1) is 11.3 Å². The first-order valence-corrected chi connectivity index (χ1v) is 20.7. The predicted octanol–water partition coefficient (Wildman–Crippen LogP) is 14.2. The van der Waals surface area contributed by atoms with Crippen LogP contribution in [-0.2, 0) is 0 Å². The van der Waals surface area contributed by atoms with Gasteiger partial charge < -0.3 is 9.32 Å². The van der Waals surface area contributed by atoms with Crippen molar-refractivity contribution in [2.45, 2.75) is 0 Å². The smallest absolute Gasteiger partial charge is 0.167 e. The zero-order valence-corrected chi connectivity index (χ0v) is 31.2. The van der Waals surface area contributed by atoms with Crippen LogP contribution < -0.4 is 4.90 Å². The van der Waals surface area contributed by atoms with Crippen LogP contribution in [-0.4, -0.2) is 7.23 Å². The standard InChI is InChI=1S/C48H27IN2OS/c1-2-12-33-28(9-1)21-25-39-44(33)36-15-7-10-29-11-8-16-38(43(29)36)51(39)32-23-19-30(20-24-32)48-49-45(47-46(50-48)35-14-3-5-17-40(35)52-47)31-22-26-42-37(27-31)34-13-4-6-18-41(34)53-42/h1-27H. The fourth-order valence-electron chi connectivity index (χ4n) is 8.31. The quantitative estimate of drug-likeness (QED) is 0.166. The molecule has 0 atom stereocenters. The Kier molecular flexibility index (Phi) is 6.33. The second-order valence-electron chi connectivity index (χ2n) is 13.6. The van der Waals surface area contributed by atoms with Gasteiger partial charge in [-0.3, -0.25) is 0 Å². The van der Waals surface area contributed by atoms with Crippen molar-refractivity contribution in [3.63, 3.8) is 0 Å². The normalized spacial score (nSPS) is 13.6. The van der Waals surface area contributed by atoms with E-state index >= 15 is 0 Å². The maximum Gasteiger partial charge on any atom is 0.167 e. The molecule has 8 aromatic carbocycles. The maximum absolute atomic E-state index is 6.62. The summed E-state index contributed by atoms with van der Waals surface area (Å²) in [6.45, 7) is 0. The van der Waals surface area contributed by atoms with Crippen LogP contribution >= 0.6 is 32.1 Å². The Hall–Kier alpha value is -5.89. The van der Waals surface area contributed by atoms with Crippen LogP contribution in [0.25, 0.3) is 63.8 Å². The van der Waals surface area contributed by atoms with Gasteiger partial charge in [-0.25, -0.2) is 4.99 Å². The highest BCUT2D eigenvalue weighted by Crippen LogP contribution is 2.53. The van der Waals surface area contributed by atoms with E-state index in [0.29, 0.717) is 0 Å². The summed E-state index contributed by atoms with van der Waals surface area (Å²) in [7, 11) is 0. The number of furan rings is 1. The van der Waals surface area contributed by atoms with Crippen molar-refractivity contribution in [1.82, 2.24) is 0 Å². The fraction of sp³-hybridized carbons (Fsp3) is 0. The van der Waals surface area contributed by atoms with Gasteiger partial charge in [-0.1, -0.05) is 130 Å². The molecular formula is C48H27IN2OS. The van der Waals surface area contributed by atoms with E-state index in [9.17, 15) is 0 Å². The number of fused-ring (bicyclic) bond motifs is 10. The van der Waals surface area contributed by atoms with Gasteiger partial charge in [0.15, 0.2) is 5.76 Å².